The molecular formula is C18H25NO3. The average Bonchev–Trinajstić information content (AvgIpc) is 2.62. The lowest BCUT2D eigenvalue weighted by Gasteiger charge is -2.41. The number of aromatic hydroxyl groups is 1. The van der Waals surface area contributed by atoms with Crippen molar-refractivity contribution in [1.82, 2.24) is 4.90 Å². The maximum absolute atomic E-state index is 10.8. The van der Waals surface area contributed by atoms with Crippen molar-refractivity contribution in [3.63, 3.8) is 0 Å². The molecule has 0 radical (unpaired) electrons. The van der Waals surface area contributed by atoms with Gasteiger partial charge in [0.05, 0.1) is 13.2 Å². The van der Waals surface area contributed by atoms with Gasteiger partial charge in [-0.15, -0.1) is 0 Å². The summed E-state index contributed by atoms with van der Waals surface area (Å²) in [7, 11) is 3.69. The molecule has 120 valence electrons. The second-order valence-corrected chi connectivity index (χ2v) is 6.74. The van der Waals surface area contributed by atoms with Crippen molar-refractivity contribution >= 4 is 0 Å². The van der Waals surface area contributed by atoms with E-state index in [9.17, 15) is 10.2 Å². The van der Waals surface area contributed by atoms with E-state index in [0.717, 1.165) is 37.1 Å². The van der Waals surface area contributed by atoms with E-state index < -0.39 is 6.10 Å². The summed E-state index contributed by atoms with van der Waals surface area (Å²) < 4.78 is 5.33. The quantitative estimate of drug-likeness (QED) is 0.782. The smallest absolute Gasteiger partial charge is 0.162 e. The van der Waals surface area contributed by atoms with Gasteiger partial charge >= 0.3 is 0 Å². The Labute approximate surface area is 132 Å². The molecule has 1 heterocycles. The van der Waals surface area contributed by atoms with Crippen LogP contribution in [-0.2, 0) is 12.0 Å². The fraction of sp³-hybridized carbons (Fsp3) is 0.556. The molecule has 4 heteroatoms. The van der Waals surface area contributed by atoms with Crippen LogP contribution in [0.1, 0.15) is 30.9 Å². The summed E-state index contributed by atoms with van der Waals surface area (Å²) in [5, 5.41) is 20.8. The Morgan fingerprint density at radius 2 is 2.14 bits per heavy atom. The van der Waals surface area contributed by atoms with Crippen molar-refractivity contribution in [2.75, 3.05) is 20.7 Å². The predicted molar refractivity (Wildman–Crippen MR) is 86.2 cm³/mol. The van der Waals surface area contributed by atoms with E-state index in [4.69, 9.17) is 4.74 Å². The number of rotatable bonds is 1. The van der Waals surface area contributed by atoms with Crippen LogP contribution in [0.25, 0.3) is 0 Å². The number of hydrogen-bond acceptors (Lipinski definition) is 4. The average molecular weight is 303 g/mol. The number of aliphatic hydroxyl groups excluding tert-OH is 1. The van der Waals surface area contributed by atoms with Crippen molar-refractivity contribution in [2.24, 2.45) is 5.92 Å². The van der Waals surface area contributed by atoms with E-state index in [1.54, 1.807) is 7.11 Å². The van der Waals surface area contributed by atoms with Crippen molar-refractivity contribution in [3.8, 4) is 11.5 Å². The van der Waals surface area contributed by atoms with Crippen LogP contribution in [0, 0.1) is 5.92 Å². The lowest BCUT2D eigenvalue weighted by molar-refractivity contribution is 0.145. The van der Waals surface area contributed by atoms with Crippen molar-refractivity contribution in [3.05, 3.63) is 35.4 Å². The molecule has 1 aliphatic heterocycles. The van der Waals surface area contributed by atoms with Crippen LogP contribution in [0.15, 0.2) is 24.3 Å². The van der Waals surface area contributed by atoms with Crippen LogP contribution in [0.3, 0.4) is 0 Å². The normalized spacial score (nSPS) is 31.8. The second-order valence-electron chi connectivity index (χ2n) is 6.74. The van der Waals surface area contributed by atoms with E-state index in [2.05, 4.69) is 31.0 Å². The van der Waals surface area contributed by atoms with Crippen LogP contribution in [0.5, 0.6) is 11.5 Å². The zero-order chi connectivity index (χ0) is 15.9. The number of hydrogen-bond donors (Lipinski definition) is 2. The van der Waals surface area contributed by atoms with E-state index in [1.807, 2.05) is 12.1 Å². The van der Waals surface area contributed by atoms with Crippen molar-refractivity contribution in [2.45, 2.75) is 37.8 Å². The minimum absolute atomic E-state index is 0.238. The van der Waals surface area contributed by atoms with Gasteiger partial charge in [-0.05, 0) is 44.0 Å². The SMILES string of the molecule is COc1ccc2c(c1O)[C@@]1(C=C[C@H](O)C[C@@H]1C)CCN(C)C2. The molecule has 3 rings (SSSR count). The molecule has 0 amide bonds. The molecule has 0 saturated heterocycles. The van der Waals surface area contributed by atoms with Gasteiger partial charge in [-0.3, -0.25) is 0 Å². The molecule has 0 saturated carbocycles. The van der Waals surface area contributed by atoms with Crippen LogP contribution in [0.4, 0.5) is 0 Å². The molecule has 1 aromatic rings. The van der Waals surface area contributed by atoms with Gasteiger partial charge in [-0.2, -0.15) is 0 Å². The Balaban J connectivity index is 2.23. The predicted octanol–water partition coefficient (Wildman–Crippen LogP) is 2.43. The number of benzene rings is 1. The monoisotopic (exact) mass is 303 g/mol. The lowest BCUT2D eigenvalue weighted by Crippen LogP contribution is -2.38. The van der Waals surface area contributed by atoms with Gasteiger partial charge < -0.3 is 19.8 Å². The molecule has 3 atom stereocenters. The molecular weight excluding hydrogens is 278 g/mol. The first-order valence-corrected chi connectivity index (χ1v) is 7.93. The maximum Gasteiger partial charge on any atom is 0.162 e. The second kappa shape index (κ2) is 5.60. The van der Waals surface area contributed by atoms with Gasteiger partial charge in [0.2, 0.25) is 0 Å². The summed E-state index contributed by atoms with van der Waals surface area (Å²) in [5.41, 5.74) is 1.89. The Morgan fingerprint density at radius 3 is 2.82 bits per heavy atom. The zero-order valence-electron chi connectivity index (χ0n) is 13.5. The number of allylic oxidation sites excluding steroid dienone is 1. The number of aliphatic hydroxyl groups is 1. The lowest BCUT2D eigenvalue weighted by atomic mass is 9.63. The summed E-state index contributed by atoms with van der Waals surface area (Å²) in [6.07, 6.45) is 5.26. The number of ether oxygens (including phenoxy) is 1. The summed E-state index contributed by atoms with van der Waals surface area (Å²) in [4.78, 5) is 2.28. The minimum Gasteiger partial charge on any atom is -0.504 e. The zero-order valence-corrected chi connectivity index (χ0v) is 13.5. The van der Waals surface area contributed by atoms with Gasteiger partial charge in [-0.25, -0.2) is 0 Å². The Hall–Kier alpha value is -1.52. The fourth-order valence-corrected chi connectivity index (χ4v) is 4.06. The maximum atomic E-state index is 10.8. The molecule has 1 spiro atoms. The van der Waals surface area contributed by atoms with E-state index in [0.29, 0.717) is 5.75 Å². The summed E-state index contributed by atoms with van der Waals surface area (Å²) >= 11 is 0. The van der Waals surface area contributed by atoms with E-state index >= 15 is 0 Å². The third-order valence-electron chi connectivity index (χ3n) is 5.35. The Bertz CT molecular complexity index is 598. The first-order valence-electron chi connectivity index (χ1n) is 7.93. The van der Waals surface area contributed by atoms with Gasteiger partial charge in [-0.1, -0.05) is 25.1 Å². The van der Waals surface area contributed by atoms with Crippen LogP contribution in [-0.4, -0.2) is 41.9 Å². The molecule has 1 aromatic carbocycles. The number of phenols is 1. The van der Waals surface area contributed by atoms with Gasteiger partial charge in [0.15, 0.2) is 11.5 Å². The highest BCUT2D eigenvalue weighted by atomic mass is 16.5. The molecule has 1 aliphatic carbocycles. The molecule has 0 unspecified atom stereocenters. The fourth-order valence-electron chi connectivity index (χ4n) is 4.06. The third kappa shape index (κ3) is 2.31. The first kappa shape index (κ1) is 15.4. The minimum atomic E-state index is -0.391. The van der Waals surface area contributed by atoms with Gasteiger partial charge in [0.25, 0.3) is 0 Å². The summed E-state index contributed by atoms with van der Waals surface area (Å²) in [6, 6.07) is 3.90. The van der Waals surface area contributed by atoms with Gasteiger partial charge in [0.1, 0.15) is 0 Å². The Kier molecular flexibility index (Phi) is 3.91. The van der Waals surface area contributed by atoms with Crippen molar-refractivity contribution in [1.29, 1.82) is 0 Å². The van der Waals surface area contributed by atoms with Gasteiger partial charge in [0, 0.05) is 17.5 Å². The number of fused-ring (bicyclic) bond motifs is 2. The topological polar surface area (TPSA) is 52.9 Å². The first-order chi connectivity index (χ1) is 10.5. The molecule has 2 aliphatic rings. The molecule has 0 fully saturated rings. The van der Waals surface area contributed by atoms with Crippen molar-refractivity contribution < 1.29 is 14.9 Å². The standard InChI is InChI=1S/C18H25NO3/c1-12-10-14(20)6-7-18(12)8-9-19(2)11-13-4-5-15(22-3)17(21)16(13)18/h4-7,12,14,20-21H,8-11H2,1-3H3/t12-,14-,18-/m0/s1. The number of nitrogens with zero attached hydrogens (tertiary/aromatic N) is 1. The third-order valence-corrected chi connectivity index (χ3v) is 5.35. The highest BCUT2D eigenvalue weighted by Gasteiger charge is 2.44. The number of methoxy groups -OCH3 is 1. The molecule has 0 aromatic heterocycles. The van der Waals surface area contributed by atoms with Crippen LogP contribution >= 0.6 is 0 Å². The Morgan fingerprint density at radius 1 is 1.36 bits per heavy atom. The van der Waals surface area contributed by atoms with E-state index in [-0.39, 0.29) is 17.1 Å². The highest BCUT2D eigenvalue weighted by Crippen LogP contribution is 2.51. The molecule has 2 N–H and O–H groups in total. The number of phenolic OH excluding ortho intramolecular Hbond substituents is 1. The van der Waals surface area contributed by atoms with E-state index in [1.165, 1.54) is 0 Å². The summed E-state index contributed by atoms with van der Waals surface area (Å²) in [5.74, 6) is 1.04. The molecule has 0 bridgehead atoms. The highest BCUT2D eigenvalue weighted by molar-refractivity contribution is 5.56. The summed E-state index contributed by atoms with van der Waals surface area (Å²) in [6.45, 7) is 3.94. The largest absolute Gasteiger partial charge is 0.504 e. The molecule has 4 nitrogen and oxygen atoms in total. The van der Waals surface area contributed by atoms with Crippen LogP contribution < -0.4 is 4.74 Å². The van der Waals surface area contributed by atoms with Crippen LogP contribution in [0.2, 0.25) is 0 Å². The molecule has 22 heavy (non-hydrogen) atoms.